The fourth-order valence-electron chi connectivity index (χ4n) is 1.68. The fraction of sp³-hybridized carbons (Fsp3) is 0.500. The lowest BCUT2D eigenvalue weighted by Gasteiger charge is -2.21. The molecule has 0 heterocycles. The van der Waals surface area contributed by atoms with Crippen LogP contribution >= 0.6 is 11.6 Å². The molecule has 0 spiro atoms. The fourth-order valence-corrected chi connectivity index (χ4v) is 1.80. The second-order valence-corrected chi connectivity index (χ2v) is 5.25. The first-order valence-electron chi connectivity index (χ1n) is 5.59. The van der Waals surface area contributed by atoms with Crippen LogP contribution in [0.2, 0.25) is 0 Å². The predicted octanol–water partition coefficient (Wildman–Crippen LogP) is 3.76. The van der Waals surface area contributed by atoms with Gasteiger partial charge in [0.05, 0.1) is 7.11 Å². The molecule has 0 bridgehead atoms. The van der Waals surface area contributed by atoms with Gasteiger partial charge in [0.1, 0.15) is 5.75 Å². The molecule has 0 amide bonds. The lowest BCUT2D eigenvalue weighted by molar-refractivity contribution is 0.0861. The second-order valence-electron chi connectivity index (χ2n) is 4.98. The number of benzene rings is 1. The summed E-state index contributed by atoms with van der Waals surface area (Å²) in [6, 6.07) is 3.78. The predicted molar refractivity (Wildman–Crippen MR) is 71.3 cm³/mol. The van der Waals surface area contributed by atoms with Crippen molar-refractivity contribution in [2.75, 3.05) is 13.0 Å². The van der Waals surface area contributed by atoms with E-state index >= 15 is 0 Å². The maximum atomic E-state index is 12.3. The minimum absolute atomic E-state index is 0.0794. The first-order valence-corrected chi connectivity index (χ1v) is 6.13. The third-order valence-corrected chi connectivity index (χ3v) is 3.60. The molecule has 17 heavy (non-hydrogen) atoms. The zero-order valence-corrected chi connectivity index (χ0v) is 11.8. The van der Waals surface area contributed by atoms with E-state index in [1.807, 2.05) is 39.8 Å². The summed E-state index contributed by atoms with van der Waals surface area (Å²) in [5.41, 5.74) is 2.09. The first-order chi connectivity index (χ1) is 7.83. The molecule has 0 saturated heterocycles. The Kier molecular flexibility index (Phi) is 4.21. The van der Waals surface area contributed by atoms with Crippen LogP contribution in [0.4, 0.5) is 0 Å². The van der Waals surface area contributed by atoms with Crippen LogP contribution in [0, 0.1) is 19.3 Å². The molecular weight excluding hydrogens is 236 g/mol. The molecular formula is C14H19ClO2. The third kappa shape index (κ3) is 2.81. The summed E-state index contributed by atoms with van der Waals surface area (Å²) in [5.74, 6) is 1.20. The second kappa shape index (κ2) is 5.09. The number of methoxy groups -OCH3 is 1. The molecule has 3 heteroatoms. The SMILES string of the molecule is COc1cc(C)c(C(=O)C(C)(C)CCl)cc1C. The zero-order valence-electron chi connectivity index (χ0n) is 11.1. The van der Waals surface area contributed by atoms with E-state index in [4.69, 9.17) is 16.3 Å². The highest BCUT2D eigenvalue weighted by molar-refractivity contribution is 6.21. The Morgan fingerprint density at radius 2 is 1.88 bits per heavy atom. The maximum Gasteiger partial charge on any atom is 0.169 e. The summed E-state index contributed by atoms with van der Waals surface area (Å²) >= 11 is 5.84. The van der Waals surface area contributed by atoms with Crippen LogP contribution in [-0.4, -0.2) is 18.8 Å². The van der Waals surface area contributed by atoms with Crippen molar-refractivity contribution in [3.63, 3.8) is 0 Å². The normalized spacial score (nSPS) is 11.4. The summed E-state index contributed by atoms with van der Waals surface area (Å²) in [7, 11) is 1.63. The molecule has 0 saturated carbocycles. The van der Waals surface area contributed by atoms with E-state index in [-0.39, 0.29) is 5.78 Å². The van der Waals surface area contributed by atoms with Gasteiger partial charge in [0.25, 0.3) is 0 Å². The monoisotopic (exact) mass is 254 g/mol. The molecule has 1 rings (SSSR count). The quantitative estimate of drug-likeness (QED) is 0.604. The summed E-state index contributed by atoms with van der Waals surface area (Å²) in [5, 5.41) is 0. The summed E-state index contributed by atoms with van der Waals surface area (Å²) in [6.45, 7) is 7.57. The van der Waals surface area contributed by atoms with Gasteiger partial charge >= 0.3 is 0 Å². The standard InChI is InChI=1S/C14H19ClO2/c1-9-7-12(17-5)10(2)6-11(9)13(16)14(3,4)8-15/h6-7H,8H2,1-5H3. The van der Waals surface area contributed by atoms with Gasteiger partial charge in [-0.3, -0.25) is 4.79 Å². The minimum atomic E-state index is -0.534. The highest BCUT2D eigenvalue weighted by Crippen LogP contribution is 2.29. The molecule has 94 valence electrons. The van der Waals surface area contributed by atoms with Gasteiger partial charge in [-0.15, -0.1) is 11.6 Å². The topological polar surface area (TPSA) is 26.3 Å². The number of carbonyl (C=O) groups is 1. The lowest BCUT2D eigenvalue weighted by atomic mass is 9.84. The van der Waals surface area contributed by atoms with E-state index in [2.05, 4.69) is 0 Å². The van der Waals surface area contributed by atoms with E-state index in [0.29, 0.717) is 5.88 Å². The average Bonchev–Trinajstić information content (AvgIpc) is 2.30. The van der Waals surface area contributed by atoms with Gasteiger partial charge in [-0.2, -0.15) is 0 Å². The van der Waals surface area contributed by atoms with E-state index in [0.717, 1.165) is 22.4 Å². The minimum Gasteiger partial charge on any atom is -0.496 e. The van der Waals surface area contributed by atoms with E-state index in [1.165, 1.54) is 0 Å². The molecule has 0 aliphatic heterocycles. The van der Waals surface area contributed by atoms with Crippen LogP contribution in [0.5, 0.6) is 5.75 Å². The molecule has 0 aromatic heterocycles. The number of halogens is 1. The Hall–Kier alpha value is -1.02. The highest BCUT2D eigenvalue weighted by atomic mass is 35.5. The number of alkyl halides is 1. The number of hydrogen-bond donors (Lipinski definition) is 0. The van der Waals surface area contributed by atoms with Crippen molar-refractivity contribution in [2.24, 2.45) is 5.41 Å². The van der Waals surface area contributed by atoms with Crippen LogP contribution in [0.15, 0.2) is 12.1 Å². The van der Waals surface area contributed by atoms with E-state index in [9.17, 15) is 4.79 Å². The molecule has 0 N–H and O–H groups in total. The van der Waals surface area contributed by atoms with Crippen molar-refractivity contribution in [1.82, 2.24) is 0 Å². The van der Waals surface area contributed by atoms with Gasteiger partial charge in [0, 0.05) is 16.9 Å². The van der Waals surface area contributed by atoms with E-state index < -0.39 is 5.41 Å². The Labute approximate surface area is 108 Å². The summed E-state index contributed by atoms with van der Waals surface area (Å²) in [6.07, 6.45) is 0. The number of ether oxygens (including phenoxy) is 1. The number of carbonyl (C=O) groups excluding carboxylic acids is 1. The number of rotatable bonds is 4. The van der Waals surface area contributed by atoms with Crippen LogP contribution in [0.25, 0.3) is 0 Å². The molecule has 0 radical (unpaired) electrons. The molecule has 0 unspecified atom stereocenters. The maximum absolute atomic E-state index is 12.3. The van der Waals surface area contributed by atoms with Crippen molar-refractivity contribution >= 4 is 17.4 Å². The summed E-state index contributed by atoms with van der Waals surface area (Å²) in [4.78, 5) is 12.3. The van der Waals surface area contributed by atoms with Gasteiger partial charge in [-0.25, -0.2) is 0 Å². The van der Waals surface area contributed by atoms with Gasteiger partial charge in [-0.1, -0.05) is 13.8 Å². The van der Waals surface area contributed by atoms with Gasteiger partial charge < -0.3 is 4.74 Å². The van der Waals surface area contributed by atoms with Crippen molar-refractivity contribution in [1.29, 1.82) is 0 Å². The largest absolute Gasteiger partial charge is 0.496 e. The molecule has 2 nitrogen and oxygen atoms in total. The molecule has 0 aliphatic rings. The van der Waals surface area contributed by atoms with Crippen LogP contribution in [-0.2, 0) is 0 Å². The van der Waals surface area contributed by atoms with Crippen molar-refractivity contribution in [3.05, 3.63) is 28.8 Å². The van der Waals surface area contributed by atoms with Gasteiger partial charge in [0.2, 0.25) is 0 Å². The molecule has 0 atom stereocenters. The number of hydrogen-bond acceptors (Lipinski definition) is 2. The smallest absolute Gasteiger partial charge is 0.169 e. The highest BCUT2D eigenvalue weighted by Gasteiger charge is 2.29. The molecule has 1 aromatic rings. The number of Topliss-reactive ketones (excluding diaryl/α,β-unsaturated/α-hetero) is 1. The van der Waals surface area contributed by atoms with Crippen LogP contribution in [0.1, 0.15) is 35.3 Å². The van der Waals surface area contributed by atoms with Crippen LogP contribution < -0.4 is 4.74 Å². The average molecular weight is 255 g/mol. The Morgan fingerprint density at radius 1 is 1.29 bits per heavy atom. The third-order valence-electron chi connectivity index (χ3n) is 2.94. The summed E-state index contributed by atoms with van der Waals surface area (Å²) < 4.78 is 5.24. The Balaban J connectivity index is 3.25. The number of aryl methyl sites for hydroxylation is 2. The molecule has 0 aliphatic carbocycles. The first kappa shape index (κ1) is 14.0. The Bertz CT molecular complexity index is 436. The van der Waals surface area contributed by atoms with Crippen molar-refractivity contribution < 1.29 is 9.53 Å². The number of ketones is 1. The van der Waals surface area contributed by atoms with Crippen molar-refractivity contribution in [2.45, 2.75) is 27.7 Å². The Morgan fingerprint density at radius 3 is 2.35 bits per heavy atom. The van der Waals surface area contributed by atoms with Gasteiger partial charge in [-0.05, 0) is 37.1 Å². The van der Waals surface area contributed by atoms with E-state index in [1.54, 1.807) is 7.11 Å². The molecule has 0 fully saturated rings. The lowest BCUT2D eigenvalue weighted by Crippen LogP contribution is -2.26. The van der Waals surface area contributed by atoms with Crippen LogP contribution in [0.3, 0.4) is 0 Å². The zero-order chi connectivity index (χ0) is 13.2. The van der Waals surface area contributed by atoms with Gasteiger partial charge in [0.15, 0.2) is 5.78 Å². The molecule has 1 aromatic carbocycles. The van der Waals surface area contributed by atoms with Crippen molar-refractivity contribution in [3.8, 4) is 5.75 Å².